The minimum Gasteiger partial charge on any atom is -0.453 e. The topological polar surface area (TPSA) is 84.9 Å². The molecule has 0 spiro atoms. The number of hydrogen-bond acceptors (Lipinski definition) is 4. The van der Waals surface area contributed by atoms with Crippen molar-refractivity contribution in [1.82, 2.24) is 9.97 Å². The molecule has 0 bridgehead atoms. The summed E-state index contributed by atoms with van der Waals surface area (Å²) in [6.07, 6.45) is 6.31. The number of nitrogens with two attached hydrogens (primary N) is 1. The van der Waals surface area contributed by atoms with Crippen LogP contribution < -0.4 is 10.5 Å². The molecule has 5 heteroatoms. The first-order valence-electron chi connectivity index (χ1n) is 4.63. The van der Waals surface area contributed by atoms with Gasteiger partial charge in [-0.3, -0.25) is 15.4 Å². The van der Waals surface area contributed by atoms with Crippen molar-refractivity contribution < 1.29 is 4.74 Å². The van der Waals surface area contributed by atoms with Gasteiger partial charge in [0.15, 0.2) is 5.75 Å². The first-order valence-corrected chi connectivity index (χ1v) is 4.63. The van der Waals surface area contributed by atoms with Crippen molar-refractivity contribution >= 4 is 5.84 Å². The molecule has 2 aromatic rings. The maximum absolute atomic E-state index is 7.40. The van der Waals surface area contributed by atoms with Crippen molar-refractivity contribution in [3.05, 3.63) is 48.5 Å². The Morgan fingerprint density at radius 1 is 1.19 bits per heavy atom. The molecular formula is C11H10N4O. The van der Waals surface area contributed by atoms with E-state index < -0.39 is 0 Å². The van der Waals surface area contributed by atoms with E-state index in [1.807, 2.05) is 0 Å². The minimum absolute atomic E-state index is 0.0544. The highest BCUT2D eigenvalue weighted by molar-refractivity contribution is 5.97. The molecule has 5 nitrogen and oxygen atoms in total. The average Bonchev–Trinajstić information content (AvgIpc) is 2.31. The van der Waals surface area contributed by atoms with Gasteiger partial charge in [-0.1, -0.05) is 0 Å². The van der Waals surface area contributed by atoms with Crippen molar-refractivity contribution in [3.63, 3.8) is 0 Å². The van der Waals surface area contributed by atoms with Crippen molar-refractivity contribution in [2.75, 3.05) is 0 Å². The zero-order valence-corrected chi connectivity index (χ0v) is 8.42. The molecule has 80 valence electrons. The monoisotopic (exact) mass is 214 g/mol. The third-order valence-corrected chi connectivity index (χ3v) is 1.94. The first kappa shape index (κ1) is 10.1. The summed E-state index contributed by atoms with van der Waals surface area (Å²) in [6.45, 7) is 0. The van der Waals surface area contributed by atoms with Gasteiger partial charge in [-0.15, -0.1) is 0 Å². The summed E-state index contributed by atoms with van der Waals surface area (Å²) < 4.78 is 5.52. The number of nitrogens with zero attached hydrogens (tertiary/aromatic N) is 2. The third kappa shape index (κ3) is 2.14. The lowest BCUT2D eigenvalue weighted by molar-refractivity contribution is 0.477. The van der Waals surface area contributed by atoms with Gasteiger partial charge in [0.1, 0.15) is 11.6 Å². The maximum Gasteiger partial charge on any atom is 0.156 e. The molecule has 0 aliphatic heterocycles. The molecule has 2 aromatic heterocycles. The lowest BCUT2D eigenvalue weighted by Gasteiger charge is -2.08. The third-order valence-electron chi connectivity index (χ3n) is 1.94. The summed E-state index contributed by atoms with van der Waals surface area (Å²) in [5.74, 6) is 0.974. The van der Waals surface area contributed by atoms with E-state index in [-0.39, 0.29) is 5.84 Å². The Hall–Kier alpha value is -2.43. The fourth-order valence-corrected chi connectivity index (χ4v) is 1.22. The van der Waals surface area contributed by atoms with Crippen LogP contribution in [0.15, 0.2) is 43.0 Å². The molecule has 0 aromatic carbocycles. The van der Waals surface area contributed by atoms with E-state index in [4.69, 9.17) is 15.9 Å². The second-order valence-electron chi connectivity index (χ2n) is 3.08. The van der Waals surface area contributed by atoms with Crippen molar-refractivity contribution in [2.24, 2.45) is 5.73 Å². The van der Waals surface area contributed by atoms with E-state index in [0.29, 0.717) is 17.1 Å². The number of pyridine rings is 2. The van der Waals surface area contributed by atoms with E-state index in [2.05, 4.69) is 9.97 Å². The van der Waals surface area contributed by atoms with E-state index in [1.54, 1.807) is 36.8 Å². The molecule has 16 heavy (non-hydrogen) atoms. The number of aromatic nitrogens is 2. The van der Waals surface area contributed by atoms with Gasteiger partial charge in [-0.25, -0.2) is 0 Å². The lowest BCUT2D eigenvalue weighted by atomic mass is 10.2. The van der Waals surface area contributed by atoms with Crippen LogP contribution in [0.3, 0.4) is 0 Å². The molecule has 0 radical (unpaired) electrons. The summed E-state index contributed by atoms with van der Waals surface area (Å²) in [5.41, 5.74) is 5.94. The van der Waals surface area contributed by atoms with E-state index >= 15 is 0 Å². The van der Waals surface area contributed by atoms with Gasteiger partial charge in [-0.2, -0.15) is 0 Å². The van der Waals surface area contributed by atoms with Crippen LogP contribution in [0.5, 0.6) is 11.5 Å². The normalized spacial score (nSPS) is 9.75. The molecule has 0 amide bonds. The van der Waals surface area contributed by atoms with Crippen LogP contribution in [0.1, 0.15) is 5.56 Å². The fourth-order valence-electron chi connectivity index (χ4n) is 1.22. The Morgan fingerprint density at radius 2 is 2.00 bits per heavy atom. The number of amidine groups is 1. The molecule has 0 aliphatic rings. The molecule has 0 fully saturated rings. The molecule has 3 N–H and O–H groups in total. The SMILES string of the molecule is N=C(N)c1ccncc1Oc1cccnc1. The summed E-state index contributed by atoms with van der Waals surface area (Å²) in [6, 6.07) is 5.16. The number of nitrogens with one attached hydrogen (secondary N) is 1. The summed E-state index contributed by atoms with van der Waals surface area (Å²) >= 11 is 0. The summed E-state index contributed by atoms with van der Waals surface area (Å²) in [4.78, 5) is 7.85. The standard InChI is InChI=1S/C11H10N4O/c12-11(13)9-3-5-15-7-10(9)16-8-2-1-4-14-6-8/h1-7H,(H3,12,13). The first-order chi connectivity index (χ1) is 7.77. The Kier molecular flexibility index (Phi) is 2.77. The summed E-state index contributed by atoms with van der Waals surface area (Å²) in [7, 11) is 0. The number of rotatable bonds is 3. The molecule has 0 atom stereocenters. The van der Waals surface area contributed by atoms with Gasteiger partial charge in [-0.05, 0) is 18.2 Å². The van der Waals surface area contributed by atoms with E-state index in [0.717, 1.165) is 0 Å². The molecule has 2 rings (SSSR count). The van der Waals surface area contributed by atoms with Gasteiger partial charge in [0, 0.05) is 12.4 Å². The largest absolute Gasteiger partial charge is 0.453 e. The van der Waals surface area contributed by atoms with Crippen molar-refractivity contribution in [2.45, 2.75) is 0 Å². The van der Waals surface area contributed by atoms with E-state index in [1.165, 1.54) is 6.20 Å². The second kappa shape index (κ2) is 4.39. The molecule has 0 aliphatic carbocycles. The van der Waals surface area contributed by atoms with Crippen LogP contribution in [-0.2, 0) is 0 Å². The van der Waals surface area contributed by atoms with Crippen LogP contribution >= 0.6 is 0 Å². The average molecular weight is 214 g/mol. The Morgan fingerprint density at radius 3 is 2.69 bits per heavy atom. The Bertz CT molecular complexity index is 498. The van der Waals surface area contributed by atoms with Crippen LogP contribution in [0.4, 0.5) is 0 Å². The Balaban J connectivity index is 2.31. The predicted molar refractivity (Wildman–Crippen MR) is 59.6 cm³/mol. The molecule has 2 heterocycles. The number of hydrogen-bond donors (Lipinski definition) is 2. The van der Waals surface area contributed by atoms with Gasteiger partial charge in [0.05, 0.1) is 18.0 Å². The second-order valence-corrected chi connectivity index (χ2v) is 3.08. The smallest absolute Gasteiger partial charge is 0.156 e. The molecular weight excluding hydrogens is 204 g/mol. The lowest BCUT2D eigenvalue weighted by Crippen LogP contribution is -2.12. The zero-order valence-electron chi connectivity index (χ0n) is 8.42. The van der Waals surface area contributed by atoms with Crippen LogP contribution in [0, 0.1) is 5.41 Å². The van der Waals surface area contributed by atoms with Gasteiger partial charge in [0.25, 0.3) is 0 Å². The highest BCUT2D eigenvalue weighted by Crippen LogP contribution is 2.22. The molecule has 0 saturated heterocycles. The molecule has 0 saturated carbocycles. The highest BCUT2D eigenvalue weighted by Gasteiger charge is 2.07. The summed E-state index contributed by atoms with van der Waals surface area (Å²) in [5, 5.41) is 7.40. The molecule has 0 unspecified atom stereocenters. The maximum atomic E-state index is 7.40. The van der Waals surface area contributed by atoms with Crippen LogP contribution in [0.25, 0.3) is 0 Å². The van der Waals surface area contributed by atoms with Crippen molar-refractivity contribution in [3.8, 4) is 11.5 Å². The Labute approximate surface area is 92.4 Å². The van der Waals surface area contributed by atoms with Crippen molar-refractivity contribution in [1.29, 1.82) is 5.41 Å². The van der Waals surface area contributed by atoms with Gasteiger partial charge < -0.3 is 10.5 Å². The quantitative estimate of drug-likeness (QED) is 0.599. The van der Waals surface area contributed by atoms with Gasteiger partial charge >= 0.3 is 0 Å². The predicted octanol–water partition coefficient (Wildman–Crippen LogP) is 1.55. The fraction of sp³-hybridized carbons (Fsp3) is 0. The minimum atomic E-state index is -0.0544. The number of nitrogen functional groups attached to an aromatic ring is 1. The zero-order chi connectivity index (χ0) is 11.4. The highest BCUT2D eigenvalue weighted by atomic mass is 16.5. The van der Waals surface area contributed by atoms with Crippen LogP contribution in [0.2, 0.25) is 0 Å². The van der Waals surface area contributed by atoms with E-state index in [9.17, 15) is 0 Å². The van der Waals surface area contributed by atoms with Crippen LogP contribution in [-0.4, -0.2) is 15.8 Å². The number of ether oxygens (including phenoxy) is 1. The van der Waals surface area contributed by atoms with Gasteiger partial charge in [0.2, 0.25) is 0 Å².